The second-order valence-corrected chi connectivity index (χ2v) is 8.42. The Morgan fingerprint density at radius 1 is 1.48 bits per heavy atom. The lowest BCUT2D eigenvalue weighted by Crippen LogP contribution is -2.29. The molecule has 0 aliphatic heterocycles. The highest BCUT2D eigenvalue weighted by atomic mass is 79.9. The lowest BCUT2D eigenvalue weighted by Gasteiger charge is -2.09. The van der Waals surface area contributed by atoms with E-state index >= 15 is 0 Å². The van der Waals surface area contributed by atoms with Gasteiger partial charge in [0.05, 0.1) is 5.56 Å². The summed E-state index contributed by atoms with van der Waals surface area (Å²) >= 11 is 2.94. The van der Waals surface area contributed by atoms with Gasteiger partial charge < -0.3 is 5.11 Å². The van der Waals surface area contributed by atoms with Crippen LogP contribution in [0.3, 0.4) is 0 Å². The largest absolute Gasteiger partial charge is 0.478 e. The van der Waals surface area contributed by atoms with Gasteiger partial charge in [-0.25, -0.2) is 22.3 Å². The van der Waals surface area contributed by atoms with Crippen LogP contribution in [-0.2, 0) is 20.8 Å². The van der Waals surface area contributed by atoms with E-state index < -0.39 is 43.1 Å². The van der Waals surface area contributed by atoms with Crippen LogP contribution in [0.15, 0.2) is 21.5 Å². The highest BCUT2D eigenvalue weighted by Gasteiger charge is 2.24. The molecule has 1 rings (SSSR count). The van der Waals surface area contributed by atoms with Gasteiger partial charge in [0.2, 0.25) is 10.0 Å². The summed E-state index contributed by atoms with van der Waals surface area (Å²) in [6.07, 6.45) is 0. The number of nitrogens with one attached hydrogen (secondary N) is 1. The molecular formula is C11H13BrFNO5S2. The maximum absolute atomic E-state index is 14.0. The van der Waals surface area contributed by atoms with Crippen molar-refractivity contribution in [3.8, 4) is 0 Å². The monoisotopic (exact) mass is 401 g/mol. The average molecular weight is 402 g/mol. The van der Waals surface area contributed by atoms with Crippen LogP contribution in [0.5, 0.6) is 0 Å². The number of benzene rings is 1. The van der Waals surface area contributed by atoms with Crippen molar-refractivity contribution in [1.82, 2.24) is 4.72 Å². The summed E-state index contributed by atoms with van der Waals surface area (Å²) in [5.74, 6) is -2.43. The van der Waals surface area contributed by atoms with Crippen LogP contribution in [0.25, 0.3) is 0 Å². The molecule has 6 nitrogen and oxygen atoms in total. The third kappa shape index (κ3) is 4.83. The fraction of sp³-hybridized carbons (Fsp3) is 0.364. The molecule has 0 saturated heterocycles. The summed E-state index contributed by atoms with van der Waals surface area (Å²) in [5, 5.41) is 8.84. The van der Waals surface area contributed by atoms with Gasteiger partial charge >= 0.3 is 5.97 Å². The lowest BCUT2D eigenvalue weighted by atomic mass is 10.2. The third-order valence-electron chi connectivity index (χ3n) is 2.47. The van der Waals surface area contributed by atoms with Crippen LogP contribution < -0.4 is 4.72 Å². The Hall–Kier alpha value is -0.840. The first-order valence-corrected chi connectivity index (χ1v) is 9.52. The molecule has 0 fully saturated rings. The van der Waals surface area contributed by atoms with Crippen molar-refractivity contribution < 1.29 is 26.9 Å². The summed E-state index contributed by atoms with van der Waals surface area (Å²) in [7, 11) is -5.39. The minimum absolute atomic E-state index is 0.0944. The van der Waals surface area contributed by atoms with Gasteiger partial charge in [-0.2, -0.15) is 0 Å². The van der Waals surface area contributed by atoms with Gasteiger partial charge in [-0.1, -0.05) is 22.9 Å². The maximum atomic E-state index is 14.0. The number of rotatable bonds is 7. The zero-order valence-corrected chi connectivity index (χ0v) is 14.1. The van der Waals surface area contributed by atoms with Gasteiger partial charge in [0, 0.05) is 33.3 Å². The van der Waals surface area contributed by atoms with Crippen LogP contribution >= 0.6 is 15.9 Å². The summed E-state index contributed by atoms with van der Waals surface area (Å²) in [6.45, 7) is 1.56. The van der Waals surface area contributed by atoms with Crippen LogP contribution in [0.1, 0.15) is 17.3 Å². The summed E-state index contributed by atoms with van der Waals surface area (Å²) in [6, 6.07) is 1.95. The number of carbonyl (C=O) groups is 1. The van der Waals surface area contributed by atoms with Gasteiger partial charge in [-0.15, -0.1) is 0 Å². The van der Waals surface area contributed by atoms with Gasteiger partial charge in [0.15, 0.2) is 5.82 Å². The van der Waals surface area contributed by atoms with Gasteiger partial charge in [0.1, 0.15) is 4.90 Å². The van der Waals surface area contributed by atoms with E-state index in [1.807, 2.05) is 0 Å². The Labute approximate surface area is 132 Å². The first-order chi connectivity index (χ1) is 9.69. The number of hydrogen-bond donors (Lipinski definition) is 2. The van der Waals surface area contributed by atoms with Crippen molar-refractivity contribution in [3.05, 3.63) is 28.0 Å². The SMILES string of the molecule is CCS(=O)CCNS(=O)(=O)c1cc(Br)cc(C(=O)O)c1F. The molecule has 0 aliphatic rings. The molecule has 0 saturated carbocycles. The number of carboxylic acids is 1. The first-order valence-electron chi connectivity index (χ1n) is 5.76. The zero-order valence-electron chi connectivity index (χ0n) is 10.9. The molecule has 1 atom stereocenters. The minimum atomic E-state index is -4.23. The molecule has 118 valence electrons. The fourth-order valence-electron chi connectivity index (χ4n) is 1.43. The van der Waals surface area contributed by atoms with Crippen molar-refractivity contribution in [1.29, 1.82) is 0 Å². The molecule has 0 aromatic heterocycles. The van der Waals surface area contributed by atoms with Crippen molar-refractivity contribution in [3.63, 3.8) is 0 Å². The second kappa shape index (κ2) is 7.43. The third-order valence-corrected chi connectivity index (χ3v) is 5.69. The lowest BCUT2D eigenvalue weighted by molar-refractivity contribution is 0.0691. The molecule has 0 amide bonds. The Kier molecular flexibility index (Phi) is 6.44. The zero-order chi connectivity index (χ0) is 16.2. The molecule has 1 aromatic carbocycles. The molecule has 0 spiro atoms. The van der Waals surface area contributed by atoms with E-state index in [-0.39, 0.29) is 16.8 Å². The number of hydrogen-bond acceptors (Lipinski definition) is 4. The van der Waals surface area contributed by atoms with Crippen molar-refractivity contribution in [2.45, 2.75) is 11.8 Å². The number of sulfonamides is 1. The Bertz CT molecular complexity index is 677. The minimum Gasteiger partial charge on any atom is -0.478 e. The average Bonchev–Trinajstić information content (AvgIpc) is 2.40. The van der Waals surface area contributed by atoms with Gasteiger partial charge in [-0.3, -0.25) is 4.21 Å². The smallest absolute Gasteiger partial charge is 0.338 e. The van der Waals surface area contributed by atoms with E-state index in [1.54, 1.807) is 6.92 Å². The molecule has 1 unspecified atom stereocenters. The van der Waals surface area contributed by atoms with Crippen LogP contribution in [0.2, 0.25) is 0 Å². The van der Waals surface area contributed by atoms with Crippen molar-refractivity contribution in [2.24, 2.45) is 0 Å². The number of aromatic carboxylic acids is 1. The van der Waals surface area contributed by atoms with Gasteiger partial charge in [-0.05, 0) is 12.1 Å². The number of halogens is 2. The molecule has 0 radical (unpaired) electrons. The molecule has 0 heterocycles. The molecular weight excluding hydrogens is 389 g/mol. The normalized spacial score (nSPS) is 13.1. The van der Waals surface area contributed by atoms with E-state index in [0.717, 1.165) is 12.1 Å². The predicted octanol–water partition coefficient (Wildman–Crippen LogP) is 1.33. The van der Waals surface area contributed by atoms with Crippen molar-refractivity contribution in [2.75, 3.05) is 18.1 Å². The second-order valence-electron chi connectivity index (χ2n) is 3.90. The van der Waals surface area contributed by atoms with E-state index in [4.69, 9.17) is 5.11 Å². The standard InChI is InChI=1S/C11H13BrFNO5S2/c1-2-20(17)4-3-14-21(18,19)9-6-7(12)5-8(10(9)13)11(15)16/h5-6,14H,2-4H2,1H3,(H,15,16). The van der Waals surface area contributed by atoms with Gasteiger partial charge in [0.25, 0.3) is 0 Å². The maximum Gasteiger partial charge on any atom is 0.338 e. The quantitative estimate of drug-likeness (QED) is 0.717. The number of carboxylic acid groups (broad SMARTS) is 1. The Morgan fingerprint density at radius 3 is 2.62 bits per heavy atom. The topological polar surface area (TPSA) is 101 Å². The van der Waals surface area contributed by atoms with E-state index in [9.17, 15) is 21.8 Å². The van der Waals surface area contributed by atoms with E-state index in [0.29, 0.717) is 5.75 Å². The molecule has 2 N–H and O–H groups in total. The fourth-order valence-corrected chi connectivity index (χ4v) is 3.94. The van der Waals surface area contributed by atoms with E-state index in [2.05, 4.69) is 20.7 Å². The Morgan fingerprint density at radius 2 is 2.10 bits per heavy atom. The van der Waals surface area contributed by atoms with Crippen molar-refractivity contribution >= 4 is 42.7 Å². The highest BCUT2D eigenvalue weighted by Crippen LogP contribution is 2.24. The molecule has 0 aliphatic carbocycles. The summed E-state index contributed by atoms with van der Waals surface area (Å²) < 4.78 is 51.4. The van der Waals surface area contributed by atoms with Crippen LogP contribution in [-0.4, -0.2) is 41.8 Å². The molecule has 1 aromatic rings. The van der Waals surface area contributed by atoms with E-state index in [1.165, 1.54) is 0 Å². The highest BCUT2D eigenvalue weighted by molar-refractivity contribution is 9.10. The summed E-state index contributed by atoms with van der Waals surface area (Å²) in [4.78, 5) is 10.1. The molecule has 21 heavy (non-hydrogen) atoms. The van der Waals surface area contributed by atoms with Crippen LogP contribution in [0.4, 0.5) is 4.39 Å². The predicted molar refractivity (Wildman–Crippen MR) is 79.8 cm³/mol. The Balaban J connectivity index is 3.08. The molecule has 10 heteroatoms. The molecule has 0 bridgehead atoms. The van der Waals surface area contributed by atoms with Crippen LogP contribution in [0, 0.1) is 5.82 Å². The summed E-state index contributed by atoms with van der Waals surface area (Å²) in [5.41, 5.74) is -0.748. The first kappa shape index (κ1) is 18.2.